The number of aromatic nitrogens is 3. The molecular formula is C15H16N4O2. The van der Waals surface area contributed by atoms with Crippen LogP contribution >= 0.6 is 0 Å². The maximum atomic E-state index is 11.7. The molecule has 0 amide bonds. The SMILES string of the molecule is CCn1cc(-c2cnc(N)nc2C2=CCCO2)ccc1=O. The Kier molecular flexibility index (Phi) is 3.43. The molecule has 0 saturated carbocycles. The smallest absolute Gasteiger partial charge is 0.250 e. The monoisotopic (exact) mass is 284 g/mol. The molecule has 0 aliphatic carbocycles. The summed E-state index contributed by atoms with van der Waals surface area (Å²) in [5.74, 6) is 0.919. The van der Waals surface area contributed by atoms with Gasteiger partial charge in [-0.25, -0.2) is 9.97 Å². The first kappa shape index (κ1) is 13.4. The summed E-state index contributed by atoms with van der Waals surface area (Å²) in [4.78, 5) is 20.1. The van der Waals surface area contributed by atoms with Crippen molar-refractivity contribution in [1.82, 2.24) is 14.5 Å². The van der Waals surface area contributed by atoms with Gasteiger partial charge < -0.3 is 15.0 Å². The van der Waals surface area contributed by atoms with Crippen LogP contribution in [0.4, 0.5) is 5.95 Å². The summed E-state index contributed by atoms with van der Waals surface area (Å²) in [6.45, 7) is 3.18. The summed E-state index contributed by atoms with van der Waals surface area (Å²) >= 11 is 0. The maximum absolute atomic E-state index is 11.7. The van der Waals surface area contributed by atoms with Crippen LogP contribution in [0.2, 0.25) is 0 Å². The number of aryl methyl sites for hydroxylation is 1. The molecule has 3 heterocycles. The average molecular weight is 284 g/mol. The number of nitrogens with two attached hydrogens (primary N) is 1. The highest BCUT2D eigenvalue weighted by atomic mass is 16.5. The van der Waals surface area contributed by atoms with E-state index in [0.29, 0.717) is 24.6 Å². The van der Waals surface area contributed by atoms with E-state index in [4.69, 9.17) is 10.5 Å². The minimum absolute atomic E-state index is 0.0319. The van der Waals surface area contributed by atoms with Crippen LogP contribution in [-0.4, -0.2) is 21.1 Å². The Hall–Kier alpha value is -2.63. The molecule has 0 radical (unpaired) electrons. The van der Waals surface area contributed by atoms with Gasteiger partial charge in [0.05, 0.1) is 6.61 Å². The Morgan fingerprint density at radius 1 is 1.43 bits per heavy atom. The third kappa shape index (κ3) is 2.52. The summed E-state index contributed by atoms with van der Waals surface area (Å²) in [6.07, 6.45) is 6.31. The van der Waals surface area contributed by atoms with Crippen LogP contribution < -0.4 is 11.3 Å². The number of ether oxygens (including phenoxy) is 1. The van der Waals surface area contributed by atoms with Crippen LogP contribution in [0.15, 0.2) is 35.4 Å². The lowest BCUT2D eigenvalue weighted by Crippen LogP contribution is -2.17. The molecule has 0 unspecified atom stereocenters. The molecule has 2 N–H and O–H groups in total. The van der Waals surface area contributed by atoms with Crippen molar-refractivity contribution in [3.63, 3.8) is 0 Å². The second kappa shape index (κ2) is 5.40. The molecule has 1 aliphatic heterocycles. The molecule has 0 bridgehead atoms. The van der Waals surface area contributed by atoms with Gasteiger partial charge in [0.1, 0.15) is 11.5 Å². The third-order valence-electron chi connectivity index (χ3n) is 3.38. The molecule has 2 aromatic heterocycles. The zero-order valence-corrected chi connectivity index (χ0v) is 11.7. The van der Waals surface area contributed by atoms with E-state index in [1.807, 2.05) is 13.0 Å². The minimum Gasteiger partial charge on any atom is -0.491 e. The van der Waals surface area contributed by atoms with Crippen molar-refractivity contribution in [2.45, 2.75) is 19.9 Å². The summed E-state index contributed by atoms with van der Waals surface area (Å²) < 4.78 is 7.22. The van der Waals surface area contributed by atoms with Gasteiger partial charge in [0.25, 0.3) is 5.56 Å². The fraction of sp³-hybridized carbons (Fsp3) is 0.267. The standard InChI is InChI=1S/C15H16N4O2/c1-2-19-9-10(5-6-13(19)20)11-8-17-15(16)18-14(11)12-4-3-7-21-12/h4-6,8-9H,2-3,7H2,1H3,(H2,16,17,18). The second-order valence-electron chi connectivity index (χ2n) is 4.74. The first-order chi connectivity index (χ1) is 10.2. The topological polar surface area (TPSA) is 83.0 Å². The average Bonchev–Trinajstić information content (AvgIpc) is 3.02. The number of rotatable bonds is 3. The Morgan fingerprint density at radius 2 is 2.29 bits per heavy atom. The summed E-state index contributed by atoms with van der Waals surface area (Å²) in [5.41, 5.74) is 8.00. The van der Waals surface area contributed by atoms with Crippen molar-refractivity contribution in [1.29, 1.82) is 0 Å². The van der Waals surface area contributed by atoms with Crippen molar-refractivity contribution in [2.75, 3.05) is 12.3 Å². The van der Waals surface area contributed by atoms with Crippen LogP contribution in [0.25, 0.3) is 16.9 Å². The number of nitrogen functional groups attached to an aromatic ring is 1. The molecule has 21 heavy (non-hydrogen) atoms. The molecule has 0 fully saturated rings. The molecule has 0 atom stereocenters. The second-order valence-corrected chi connectivity index (χ2v) is 4.74. The van der Waals surface area contributed by atoms with Crippen molar-refractivity contribution in [2.24, 2.45) is 0 Å². The van der Waals surface area contributed by atoms with Crippen LogP contribution in [0.3, 0.4) is 0 Å². The number of nitrogens with zero attached hydrogens (tertiary/aromatic N) is 3. The quantitative estimate of drug-likeness (QED) is 0.927. The minimum atomic E-state index is -0.0319. The lowest BCUT2D eigenvalue weighted by molar-refractivity contribution is 0.306. The lowest BCUT2D eigenvalue weighted by Gasteiger charge is -2.11. The van der Waals surface area contributed by atoms with Gasteiger partial charge in [-0.2, -0.15) is 0 Å². The van der Waals surface area contributed by atoms with E-state index >= 15 is 0 Å². The Bertz CT molecular complexity index is 765. The Morgan fingerprint density at radius 3 is 3.00 bits per heavy atom. The molecule has 6 nitrogen and oxygen atoms in total. The van der Waals surface area contributed by atoms with Gasteiger partial charge in [0, 0.05) is 42.6 Å². The zero-order valence-electron chi connectivity index (χ0n) is 11.7. The van der Waals surface area contributed by atoms with E-state index < -0.39 is 0 Å². The van der Waals surface area contributed by atoms with Gasteiger partial charge in [-0.3, -0.25) is 4.79 Å². The van der Waals surface area contributed by atoms with Gasteiger partial charge >= 0.3 is 0 Å². The maximum Gasteiger partial charge on any atom is 0.250 e. The molecular weight excluding hydrogens is 268 g/mol. The molecule has 1 aliphatic rings. The number of anilines is 1. The van der Waals surface area contributed by atoms with E-state index in [9.17, 15) is 4.79 Å². The predicted octanol–water partition coefficient (Wildman–Crippen LogP) is 1.67. The predicted molar refractivity (Wildman–Crippen MR) is 80.4 cm³/mol. The molecule has 0 aromatic carbocycles. The van der Waals surface area contributed by atoms with Crippen LogP contribution in [0.5, 0.6) is 0 Å². The van der Waals surface area contributed by atoms with E-state index in [1.54, 1.807) is 29.1 Å². The highest BCUT2D eigenvalue weighted by molar-refractivity contribution is 5.76. The van der Waals surface area contributed by atoms with Gasteiger partial charge in [-0.1, -0.05) is 0 Å². The lowest BCUT2D eigenvalue weighted by atomic mass is 10.1. The normalized spacial score (nSPS) is 13.9. The van der Waals surface area contributed by atoms with Crippen molar-refractivity contribution >= 4 is 11.7 Å². The zero-order chi connectivity index (χ0) is 14.8. The Labute approximate surface area is 121 Å². The fourth-order valence-corrected chi connectivity index (χ4v) is 2.32. The van der Waals surface area contributed by atoms with Crippen molar-refractivity contribution in [3.8, 4) is 11.1 Å². The summed E-state index contributed by atoms with van der Waals surface area (Å²) in [7, 11) is 0. The molecule has 6 heteroatoms. The summed E-state index contributed by atoms with van der Waals surface area (Å²) in [6, 6.07) is 3.31. The van der Waals surface area contributed by atoms with Gasteiger partial charge in [0.15, 0.2) is 0 Å². The molecule has 108 valence electrons. The van der Waals surface area contributed by atoms with Crippen LogP contribution in [-0.2, 0) is 11.3 Å². The molecule has 2 aromatic rings. The molecule has 0 saturated heterocycles. The first-order valence-corrected chi connectivity index (χ1v) is 6.85. The van der Waals surface area contributed by atoms with Gasteiger partial charge in [-0.05, 0) is 19.1 Å². The van der Waals surface area contributed by atoms with E-state index in [0.717, 1.165) is 17.5 Å². The van der Waals surface area contributed by atoms with E-state index in [-0.39, 0.29) is 11.5 Å². The number of pyridine rings is 1. The fourth-order valence-electron chi connectivity index (χ4n) is 2.32. The van der Waals surface area contributed by atoms with Gasteiger partial charge in [0.2, 0.25) is 5.95 Å². The number of hydrogen-bond donors (Lipinski definition) is 1. The highest BCUT2D eigenvalue weighted by Gasteiger charge is 2.17. The third-order valence-corrected chi connectivity index (χ3v) is 3.38. The van der Waals surface area contributed by atoms with Crippen LogP contribution in [0.1, 0.15) is 19.0 Å². The highest BCUT2D eigenvalue weighted by Crippen LogP contribution is 2.30. The molecule has 0 spiro atoms. The largest absolute Gasteiger partial charge is 0.491 e. The number of hydrogen-bond acceptors (Lipinski definition) is 5. The van der Waals surface area contributed by atoms with Crippen LogP contribution in [0, 0.1) is 0 Å². The molecule has 3 rings (SSSR count). The van der Waals surface area contributed by atoms with E-state index in [2.05, 4.69) is 9.97 Å². The Balaban J connectivity index is 2.16. The van der Waals surface area contributed by atoms with Gasteiger partial charge in [-0.15, -0.1) is 0 Å². The van der Waals surface area contributed by atoms with Crippen molar-refractivity contribution < 1.29 is 4.74 Å². The van der Waals surface area contributed by atoms with Crippen molar-refractivity contribution in [3.05, 3.63) is 46.7 Å². The summed E-state index contributed by atoms with van der Waals surface area (Å²) in [5, 5.41) is 0. The first-order valence-electron chi connectivity index (χ1n) is 6.85. The van der Waals surface area contributed by atoms with E-state index in [1.165, 1.54) is 0 Å².